The van der Waals surface area contributed by atoms with E-state index in [0.29, 0.717) is 54.2 Å². The normalized spacial score (nSPS) is 16.3. The molecule has 3 heterocycles. The van der Waals surface area contributed by atoms with Crippen LogP contribution in [-0.4, -0.2) is 60.8 Å². The van der Waals surface area contributed by atoms with Gasteiger partial charge in [0.25, 0.3) is 11.8 Å². The molecule has 2 amide bonds. The smallest absolute Gasteiger partial charge is 0.384 e. The standard InChI is InChI=1S/C32H35ClF3N7O3/c1-16-5-7-21(40-30(45)20-6-8-25(33)24(13-20)32(34,35)36)14-23(16)17(2)18(3)27-26-28(37)38-15-39-29(26)43(41-27)22-9-11-42(12-10-22)31(46)19(4)44/h5-8,13-15,17-19,22,44H,9-12H2,1-4H3,(H,40,45)(H2,37,38,39)/t17?,18?,19-/m1/s1. The summed E-state index contributed by atoms with van der Waals surface area (Å²) in [6, 6.07) is 8.34. The maximum Gasteiger partial charge on any atom is 0.417 e. The predicted octanol–water partition coefficient (Wildman–Crippen LogP) is 6.09. The fourth-order valence-electron chi connectivity index (χ4n) is 5.99. The summed E-state index contributed by atoms with van der Waals surface area (Å²) in [5.74, 6) is -1.03. The number of piperidine rings is 1. The number of aliphatic hydroxyl groups excluding tert-OH is 1. The van der Waals surface area contributed by atoms with Gasteiger partial charge in [0.05, 0.1) is 27.7 Å². The molecule has 1 saturated heterocycles. The number of alkyl halides is 3. The number of nitrogen functional groups attached to an aromatic ring is 1. The van der Waals surface area contributed by atoms with Crippen molar-refractivity contribution < 1.29 is 27.9 Å². The summed E-state index contributed by atoms with van der Waals surface area (Å²) in [4.78, 5) is 35.6. The molecule has 2 aromatic heterocycles. The molecule has 46 heavy (non-hydrogen) atoms. The van der Waals surface area contributed by atoms with Crippen LogP contribution in [-0.2, 0) is 11.0 Å². The Morgan fingerprint density at radius 1 is 1.07 bits per heavy atom. The molecular formula is C32H35ClF3N7O3. The van der Waals surface area contributed by atoms with Gasteiger partial charge in [0.2, 0.25) is 0 Å². The molecule has 0 saturated carbocycles. The Bertz CT molecular complexity index is 1780. The molecule has 0 radical (unpaired) electrons. The summed E-state index contributed by atoms with van der Waals surface area (Å²) in [5, 5.41) is 17.6. The molecule has 1 aliphatic heterocycles. The van der Waals surface area contributed by atoms with Crippen molar-refractivity contribution in [2.45, 2.75) is 70.7 Å². The highest BCUT2D eigenvalue weighted by Gasteiger charge is 2.34. The zero-order valence-corrected chi connectivity index (χ0v) is 26.5. The maximum atomic E-state index is 13.4. The van der Waals surface area contributed by atoms with E-state index in [9.17, 15) is 27.9 Å². The van der Waals surface area contributed by atoms with Gasteiger partial charge in [0.1, 0.15) is 18.2 Å². The molecule has 0 spiro atoms. The molecule has 0 aliphatic carbocycles. The number of nitrogens with zero attached hydrogens (tertiary/aromatic N) is 5. The van der Waals surface area contributed by atoms with Crippen LogP contribution in [0.1, 0.15) is 84.2 Å². The third-order valence-electron chi connectivity index (χ3n) is 8.77. The number of aromatic nitrogens is 4. The Kier molecular flexibility index (Phi) is 9.28. The van der Waals surface area contributed by atoms with Crippen molar-refractivity contribution in [1.82, 2.24) is 24.6 Å². The van der Waals surface area contributed by atoms with Crippen molar-refractivity contribution in [3.05, 3.63) is 75.7 Å². The average Bonchev–Trinajstić information content (AvgIpc) is 3.41. The molecule has 5 rings (SSSR count). The average molecular weight is 658 g/mol. The van der Waals surface area contributed by atoms with Crippen molar-refractivity contribution in [2.75, 3.05) is 24.1 Å². The number of rotatable bonds is 7. The number of amides is 2. The SMILES string of the molecule is Cc1ccc(NC(=O)c2ccc(Cl)c(C(F)(F)F)c2)cc1C(C)C(C)c1nn(C2CCN(C(=O)[C@@H](C)O)CC2)c2ncnc(N)c12. The monoisotopic (exact) mass is 657 g/mol. The molecule has 1 aliphatic rings. The van der Waals surface area contributed by atoms with E-state index in [-0.39, 0.29) is 29.3 Å². The van der Waals surface area contributed by atoms with E-state index in [4.69, 9.17) is 22.4 Å². The van der Waals surface area contributed by atoms with Gasteiger partial charge >= 0.3 is 6.18 Å². The lowest BCUT2D eigenvalue weighted by molar-refractivity contribution is -0.140. The molecular weight excluding hydrogens is 623 g/mol. The largest absolute Gasteiger partial charge is 0.417 e. The molecule has 1 fully saturated rings. The van der Waals surface area contributed by atoms with Crippen LogP contribution in [0.25, 0.3) is 11.0 Å². The lowest BCUT2D eigenvalue weighted by Crippen LogP contribution is -2.43. The Labute approximate surface area is 268 Å². The number of aliphatic hydroxyl groups is 1. The van der Waals surface area contributed by atoms with Gasteiger partial charge in [-0.3, -0.25) is 9.59 Å². The van der Waals surface area contributed by atoms with Crippen LogP contribution in [0.5, 0.6) is 0 Å². The van der Waals surface area contributed by atoms with Crippen molar-refractivity contribution >= 4 is 46.0 Å². The van der Waals surface area contributed by atoms with E-state index < -0.39 is 28.8 Å². The number of benzene rings is 2. The first-order valence-electron chi connectivity index (χ1n) is 14.9. The highest BCUT2D eigenvalue weighted by atomic mass is 35.5. The van der Waals surface area contributed by atoms with Crippen molar-refractivity contribution in [1.29, 1.82) is 0 Å². The summed E-state index contributed by atoms with van der Waals surface area (Å²) < 4.78 is 41.9. The Balaban J connectivity index is 1.41. The zero-order valence-electron chi connectivity index (χ0n) is 25.8. The Morgan fingerprint density at radius 2 is 1.76 bits per heavy atom. The number of nitrogens with two attached hydrogens (primary N) is 1. The predicted molar refractivity (Wildman–Crippen MR) is 169 cm³/mol. The lowest BCUT2D eigenvalue weighted by Gasteiger charge is -2.33. The third kappa shape index (κ3) is 6.52. The van der Waals surface area contributed by atoms with E-state index in [1.165, 1.54) is 19.3 Å². The first-order valence-corrected chi connectivity index (χ1v) is 15.3. The first kappa shape index (κ1) is 33.1. The van der Waals surface area contributed by atoms with Crippen LogP contribution in [0.2, 0.25) is 5.02 Å². The summed E-state index contributed by atoms with van der Waals surface area (Å²) >= 11 is 5.72. The van der Waals surface area contributed by atoms with E-state index in [1.807, 2.05) is 37.6 Å². The maximum absolute atomic E-state index is 13.4. The van der Waals surface area contributed by atoms with Crippen LogP contribution in [0.4, 0.5) is 24.7 Å². The molecule has 4 N–H and O–H groups in total. The fourth-order valence-corrected chi connectivity index (χ4v) is 6.22. The minimum Gasteiger partial charge on any atom is -0.384 e. The van der Waals surface area contributed by atoms with Gasteiger partial charge in [-0.15, -0.1) is 0 Å². The first-order chi connectivity index (χ1) is 21.7. The molecule has 244 valence electrons. The molecule has 2 unspecified atom stereocenters. The highest BCUT2D eigenvalue weighted by Crippen LogP contribution is 2.40. The second kappa shape index (κ2) is 12.9. The van der Waals surface area contributed by atoms with Crippen LogP contribution in [0, 0.1) is 6.92 Å². The van der Waals surface area contributed by atoms with Crippen LogP contribution >= 0.6 is 11.6 Å². The quantitative estimate of drug-likeness (QED) is 0.218. The van der Waals surface area contributed by atoms with Crippen molar-refractivity contribution in [3.63, 3.8) is 0 Å². The number of anilines is 2. The topological polar surface area (TPSA) is 139 Å². The summed E-state index contributed by atoms with van der Waals surface area (Å²) in [6.07, 6.45) is -3.10. The van der Waals surface area contributed by atoms with E-state index in [0.717, 1.165) is 23.3 Å². The zero-order chi connectivity index (χ0) is 33.5. The summed E-state index contributed by atoms with van der Waals surface area (Å²) in [5.41, 5.74) is 8.70. The molecule has 3 atom stereocenters. The number of likely N-dealkylation sites (tertiary alicyclic amines) is 1. The molecule has 10 nitrogen and oxygen atoms in total. The Morgan fingerprint density at radius 3 is 2.41 bits per heavy atom. The minimum absolute atomic E-state index is 0.0443. The van der Waals surface area contributed by atoms with E-state index in [1.54, 1.807) is 11.0 Å². The van der Waals surface area contributed by atoms with Gasteiger partial charge in [0.15, 0.2) is 5.65 Å². The number of nitrogens with one attached hydrogen (secondary N) is 1. The third-order valence-corrected chi connectivity index (χ3v) is 9.10. The molecule has 14 heteroatoms. The van der Waals surface area contributed by atoms with Gasteiger partial charge < -0.3 is 21.1 Å². The second-order valence-electron chi connectivity index (χ2n) is 11.8. The summed E-state index contributed by atoms with van der Waals surface area (Å²) in [7, 11) is 0. The van der Waals surface area contributed by atoms with Gasteiger partial charge in [-0.05, 0) is 74.1 Å². The molecule has 2 aromatic carbocycles. The minimum atomic E-state index is -4.70. The fraction of sp³-hybridized carbons (Fsp3) is 0.406. The van der Waals surface area contributed by atoms with Crippen molar-refractivity contribution in [3.8, 4) is 0 Å². The van der Waals surface area contributed by atoms with Crippen molar-refractivity contribution in [2.24, 2.45) is 0 Å². The number of hydrogen-bond acceptors (Lipinski definition) is 7. The number of carbonyl (C=O) groups is 2. The van der Waals surface area contributed by atoms with Gasteiger partial charge in [-0.2, -0.15) is 18.3 Å². The van der Waals surface area contributed by atoms with E-state index >= 15 is 0 Å². The van der Waals surface area contributed by atoms with E-state index in [2.05, 4.69) is 15.3 Å². The van der Waals surface area contributed by atoms with Crippen LogP contribution in [0.3, 0.4) is 0 Å². The van der Waals surface area contributed by atoms with Gasteiger partial charge in [0, 0.05) is 30.3 Å². The number of hydrogen-bond donors (Lipinski definition) is 3. The molecule has 4 aromatic rings. The van der Waals surface area contributed by atoms with Crippen LogP contribution in [0.15, 0.2) is 42.7 Å². The second-order valence-corrected chi connectivity index (χ2v) is 12.2. The number of halogens is 4. The van der Waals surface area contributed by atoms with Gasteiger partial charge in [-0.25, -0.2) is 14.6 Å². The molecule has 0 bridgehead atoms. The number of aryl methyl sites for hydroxylation is 1. The Hall–Kier alpha value is -4.23. The number of carbonyl (C=O) groups excluding carboxylic acids is 2. The van der Waals surface area contributed by atoms with Crippen LogP contribution < -0.4 is 11.1 Å². The highest BCUT2D eigenvalue weighted by molar-refractivity contribution is 6.31. The lowest BCUT2D eigenvalue weighted by atomic mass is 9.83. The summed E-state index contributed by atoms with van der Waals surface area (Å²) in [6.45, 7) is 8.39. The van der Waals surface area contributed by atoms with Gasteiger partial charge in [-0.1, -0.05) is 31.5 Å². The number of fused-ring (bicyclic) bond motifs is 1.